The number of ether oxygens (including phenoxy) is 3. The number of aromatic amines is 1. The van der Waals surface area contributed by atoms with Crippen molar-refractivity contribution in [2.45, 2.75) is 5.16 Å². The highest BCUT2D eigenvalue weighted by atomic mass is 35.5. The second-order valence-electron chi connectivity index (χ2n) is 6.19. The van der Waals surface area contributed by atoms with E-state index in [1.807, 2.05) is 12.1 Å². The Bertz CT molecular complexity index is 1130. The number of carbonyl (C=O) groups is 1. The molecule has 3 rings (SSSR count). The fourth-order valence-electron chi connectivity index (χ4n) is 2.69. The first-order valence-corrected chi connectivity index (χ1v) is 10.4. The topological polar surface area (TPSA) is 103 Å². The summed E-state index contributed by atoms with van der Waals surface area (Å²) in [5, 5.41) is 3.44. The zero-order valence-corrected chi connectivity index (χ0v) is 18.6. The Morgan fingerprint density at radius 3 is 2.42 bits per heavy atom. The van der Waals surface area contributed by atoms with Gasteiger partial charge in [0, 0.05) is 23.8 Å². The molecule has 0 bridgehead atoms. The van der Waals surface area contributed by atoms with Crippen LogP contribution in [0.25, 0.3) is 11.3 Å². The Morgan fingerprint density at radius 2 is 1.77 bits per heavy atom. The van der Waals surface area contributed by atoms with Crippen LogP contribution in [-0.4, -0.2) is 43.0 Å². The lowest BCUT2D eigenvalue weighted by Crippen LogP contribution is -2.16. The quantitative estimate of drug-likeness (QED) is 0.388. The minimum absolute atomic E-state index is 0.0170. The smallest absolute Gasteiger partial charge is 0.252 e. The van der Waals surface area contributed by atoms with Gasteiger partial charge in [-0.1, -0.05) is 23.4 Å². The summed E-state index contributed by atoms with van der Waals surface area (Å²) in [5.41, 5.74) is 1.37. The maximum absolute atomic E-state index is 12.5. The van der Waals surface area contributed by atoms with Crippen LogP contribution in [0.3, 0.4) is 0 Å². The van der Waals surface area contributed by atoms with Gasteiger partial charge in [-0.2, -0.15) is 0 Å². The van der Waals surface area contributed by atoms with Crippen LogP contribution in [0.2, 0.25) is 5.02 Å². The summed E-state index contributed by atoms with van der Waals surface area (Å²) in [6.07, 6.45) is 0. The van der Waals surface area contributed by atoms with Crippen LogP contribution in [-0.2, 0) is 4.79 Å². The first-order valence-electron chi connectivity index (χ1n) is 9.03. The maximum atomic E-state index is 12.5. The molecule has 1 heterocycles. The fraction of sp³-hybridized carbons (Fsp3) is 0.190. The molecule has 0 spiro atoms. The monoisotopic (exact) mass is 461 g/mol. The molecule has 0 radical (unpaired) electrons. The number of aromatic nitrogens is 2. The summed E-state index contributed by atoms with van der Waals surface area (Å²) >= 11 is 7.19. The number of benzene rings is 2. The van der Waals surface area contributed by atoms with Gasteiger partial charge in [0.2, 0.25) is 5.91 Å². The van der Waals surface area contributed by atoms with Crippen LogP contribution in [0, 0.1) is 0 Å². The van der Waals surface area contributed by atoms with Crippen LogP contribution < -0.4 is 25.1 Å². The molecule has 0 aliphatic rings. The van der Waals surface area contributed by atoms with E-state index in [2.05, 4.69) is 15.3 Å². The van der Waals surface area contributed by atoms with E-state index in [1.54, 1.807) is 31.4 Å². The van der Waals surface area contributed by atoms with Crippen molar-refractivity contribution in [3.8, 4) is 28.5 Å². The molecular weight excluding hydrogens is 442 g/mol. The van der Waals surface area contributed by atoms with E-state index in [9.17, 15) is 9.59 Å². The highest BCUT2D eigenvalue weighted by Gasteiger charge is 2.14. The number of nitrogens with one attached hydrogen (secondary N) is 2. The summed E-state index contributed by atoms with van der Waals surface area (Å²) in [6.45, 7) is 0. The van der Waals surface area contributed by atoms with Crippen LogP contribution in [0.5, 0.6) is 17.2 Å². The maximum Gasteiger partial charge on any atom is 0.252 e. The number of H-pyrrole nitrogens is 1. The molecule has 0 aliphatic heterocycles. The number of hydrogen-bond donors (Lipinski definition) is 2. The third-order valence-electron chi connectivity index (χ3n) is 4.19. The Morgan fingerprint density at radius 1 is 1.06 bits per heavy atom. The largest absolute Gasteiger partial charge is 0.497 e. The molecule has 0 aliphatic carbocycles. The predicted octanol–water partition coefficient (Wildman–Crippen LogP) is 3.85. The number of amides is 1. The lowest BCUT2D eigenvalue weighted by atomic mass is 10.1. The van der Waals surface area contributed by atoms with Gasteiger partial charge >= 0.3 is 0 Å². The van der Waals surface area contributed by atoms with E-state index in [-0.39, 0.29) is 17.2 Å². The molecule has 2 aromatic carbocycles. The molecule has 10 heteroatoms. The van der Waals surface area contributed by atoms with Gasteiger partial charge in [-0.15, -0.1) is 0 Å². The van der Waals surface area contributed by atoms with Crippen LogP contribution >= 0.6 is 23.4 Å². The summed E-state index contributed by atoms with van der Waals surface area (Å²) in [5.74, 6) is 1.21. The van der Waals surface area contributed by atoms with E-state index >= 15 is 0 Å². The van der Waals surface area contributed by atoms with Crippen molar-refractivity contribution in [1.29, 1.82) is 0 Å². The van der Waals surface area contributed by atoms with E-state index in [1.165, 1.54) is 20.3 Å². The molecule has 0 unspecified atom stereocenters. The molecule has 0 saturated carbocycles. The van der Waals surface area contributed by atoms with E-state index in [4.69, 9.17) is 25.8 Å². The molecule has 8 nitrogen and oxygen atoms in total. The second kappa shape index (κ2) is 10.2. The number of anilines is 1. The first-order chi connectivity index (χ1) is 14.9. The highest BCUT2D eigenvalue weighted by molar-refractivity contribution is 7.99. The van der Waals surface area contributed by atoms with Gasteiger partial charge in [-0.3, -0.25) is 9.59 Å². The third-order valence-corrected chi connectivity index (χ3v) is 5.36. The molecule has 162 valence electrons. The normalized spacial score (nSPS) is 10.5. The number of thioether (sulfide) groups is 1. The van der Waals surface area contributed by atoms with Gasteiger partial charge in [0.25, 0.3) is 5.56 Å². The molecule has 2 N–H and O–H groups in total. The molecular formula is C21H20ClN3O5S. The van der Waals surface area contributed by atoms with Crippen molar-refractivity contribution in [3.05, 3.63) is 57.8 Å². The zero-order valence-electron chi connectivity index (χ0n) is 17.0. The number of nitrogens with zero attached hydrogens (tertiary/aromatic N) is 1. The van der Waals surface area contributed by atoms with Gasteiger partial charge in [-0.25, -0.2) is 4.98 Å². The number of methoxy groups -OCH3 is 3. The fourth-order valence-corrected chi connectivity index (χ4v) is 3.60. The van der Waals surface area contributed by atoms with Gasteiger partial charge in [0.05, 0.1) is 43.5 Å². The lowest BCUT2D eigenvalue weighted by molar-refractivity contribution is -0.113. The number of carbonyl (C=O) groups excluding carboxylic acids is 1. The number of rotatable bonds is 8. The van der Waals surface area contributed by atoms with Crippen molar-refractivity contribution in [2.75, 3.05) is 32.4 Å². The Kier molecular flexibility index (Phi) is 7.43. The highest BCUT2D eigenvalue weighted by Crippen LogP contribution is 2.36. The van der Waals surface area contributed by atoms with Gasteiger partial charge in [0.1, 0.15) is 17.2 Å². The molecule has 3 aromatic rings. The summed E-state index contributed by atoms with van der Waals surface area (Å²) in [6, 6.07) is 11.7. The standard InChI is InChI=1S/C21H20ClN3O5S/c1-28-13-6-4-12(5-7-13)15-10-19(26)25-21(24-15)31-11-20(27)23-16-9-17(29-2)14(22)8-18(16)30-3/h4-10H,11H2,1-3H3,(H,23,27)(H,24,25,26). The SMILES string of the molecule is COc1ccc(-c2cc(=O)[nH]c(SCC(=O)Nc3cc(OC)c(Cl)cc3OC)n2)cc1. The molecule has 31 heavy (non-hydrogen) atoms. The molecule has 1 aromatic heterocycles. The van der Waals surface area contributed by atoms with Crippen molar-refractivity contribution < 1.29 is 19.0 Å². The summed E-state index contributed by atoms with van der Waals surface area (Å²) in [4.78, 5) is 31.6. The van der Waals surface area contributed by atoms with Crippen molar-refractivity contribution in [1.82, 2.24) is 9.97 Å². The predicted molar refractivity (Wildman–Crippen MR) is 121 cm³/mol. The van der Waals surface area contributed by atoms with Crippen molar-refractivity contribution in [3.63, 3.8) is 0 Å². The van der Waals surface area contributed by atoms with Crippen LogP contribution in [0.1, 0.15) is 0 Å². The average molecular weight is 462 g/mol. The first kappa shape index (κ1) is 22.5. The molecule has 0 fully saturated rings. The Balaban J connectivity index is 1.72. The Hall–Kier alpha value is -3.17. The number of halogens is 1. The molecule has 0 atom stereocenters. The molecule has 0 saturated heterocycles. The zero-order chi connectivity index (χ0) is 22.4. The minimum Gasteiger partial charge on any atom is -0.497 e. The van der Waals surface area contributed by atoms with Gasteiger partial charge in [0.15, 0.2) is 5.16 Å². The van der Waals surface area contributed by atoms with Gasteiger partial charge < -0.3 is 24.5 Å². The third kappa shape index (κ3) is 5.71. The minimum atomic E-state index is -0.315. The second-order valence-corrected chi connectivity index (χ2v) is 7.56. The summed E-state index contributed by atoms with van der Waals surface area (Å²) in [7, 11) is 4.53. The lowest BCUT2D eigenvalue weighted by Gasteiger charge is -2.13. The van der Waals surface area contributed by atoms with E-state index in [0.29, 0.717) is 38.8 Å². The van der Waals surface area contributed by atoms with Gasteiger partial charge in [-0.05, 0) is 24.3 Å². The van der Waals surface area contributed by atoms with Crippen LogP contribution in [0.4, 0.5) is 5.69 Å². The van der Waals surface area contributed by atoms with Crippen LogP contribution in [0.15, 0.2) is 52.4 Å². The number of hydrogen-bond acceptors (Lipinski definition) is 7. The average Bonchev–Trinajstić information content (AvgIpc) is 2.78. The van der Waals surface area contributed by atoms with E-state index in [0.717, 1.165) is 17.3 Å². The van der Waals surface area contributed by atoms with E-state index < -0.39 is 0 Å². The Labute approximate surface area is 187 Å². The molecule has 1 amide bonds. The summed E-state index contributed by atoms with van der Waals surface area (Å²) < 4.78 is 15.6. The van der Waals surface area contributed by atoms with Crippen molar-refractivity contribution in [2.24, 2.45) is 0 Å². The van der Waals surface area contributed by atoms with Crippen molar-refractivity contribution >= 4 is 35.0 Å².